The van der Waals surface area contributed by atoms with E-state index >= 15 is 0 Å². The lowest BCUT2D eigenvalue weighted by Gasteiger charge is -2.25. The van der Waals surface area contributed by atoms with Crippen molar-refractivity contribution < 1.29 is 9.84 Å². The summed E-state index contributed by atoms with van der Waals surface area (Å²) in [6.07, 6.45) is 0. The van der Waals surface area contributed by atoms with Gasteiger partial charge in [0.05, 0.1) is 13.7 Å². The molecule has 0 spiro atoms. The molecule has 0 radical (unpaired) electrons. The third kappa shape index (κ3) is 3.35. The highest BCUT2D eigenvalue weighted by Crippen LogP contribution is 2.27. The molecule has 17 heavy (non-hydrogen) atoms. The monoisotopic (exact) mass is 238 g/mol. The van der Waals surface area contributed by atoms with Gasteiger partial charge in [-0.2, -0.15) is 0 Å². The van der Waals surface area contributed by atoms with Gasteiger partial charge >= 0.3 is 0 Å². The molecule has 3 N–H and O–H groups in total. The zero-order chi connectivity index (χ0) is 13.0. The number of rotatable bonds is 5. The molecule has 0 saturated carbocycles. The van der Waals surface area contributed by atoms with Crippen LogP contribution in [0.25, 0.3) is 0 Å². The van der Waals surface area contributed by atoms with Crippen LogP contribution in [0, 0.1) is 13.8 Å². The fourth-order valence-corrected chi connectivity index (χ4v) is 1.91. The fraction of sp³-hybridized carbons (Fsp3) is 0.538. The van der Waals surface area contributed by atoms with E-state index in [1.54, 1.807) is 7.11 Å². The van der Waals surface area contributed by atoms with Crippen LogP contribution in [0.4, 0.5) is 5.69 Å². The fourth-order valence-electron chi connectivity index (χ4n) is 1.91. The third-order valence-corrected chi connectivity index (χ3v) is 2.87. The van der Waals surface area contributed by atoms with Gasteiger partial charge in [0.25, 0.3) is 0 Å². The van der Waals surface area contributed by atoms with Crippen LogP contribution in [0.5, 0.6) is 5.75 Å². The van der Waals surface area contributed by atoms with E-state index in [0.717, 1.165) is 22.6 Å². The first-order chi connectivity index (χ1) is 7.99. The Labute approximate surface area is 103 Å². The summed E-state index contributed by atoms with van der Waals surface area (Å²) in [5.41, 5.74) is 9.09. The van der Waals surface area contributed by atoms with Gasteiger partial charge in [-0.3, -0.25) is 0 Å². The normalized spacial score (nSPS) is 12.4. The smallest absolute Gasteiger partial charge is 0.122 e. The Hall–Kier alpha value is -1.26. The molecular formula is C13H22N2O2. The zero-order valence-corrected chi connectivity index (χ0v) is 11.0. The lowest BCUT2D eigenvalue weighted by molar-refractivity contribution is 0.267. The Kier molecular flexibility index (Phi) is 4.78. The predicted octanol–water partition coefficient (Wildman–Crippen LogP) is 1.07. The summed E-state index contributed by atoms with van der Waals surface area (Å²) < 4.78 is 5.28. The molecule has 4 heteroatoms. The van der Waals surface area contributed by atoms with Crippen molar-refractivity contribution in [3.63, 3.8) is 0 Å². The number of hydrogen-bond donors (Lipinski definition) is 2. The highest BCUT2D eigenvalue weighted by atomic mass is 16.5. The first kappa shape index (κ1) is 13.8. The summed E-state index contributed by atoms with van der Waals surface area (Å²) in [4.78, 5) is 2.06. The second kappa shape index (κ2) is 5.89. The number of hydrogen-bond acceptors (Lipinski definition) is 4. The summed E-state index contributed by atoms with van der Waals surface area (Å²) in [5, 5.41) is 8.96. The van der Waals surface area contributed by atoms with Crippen molar-refractivity contribution in [3.8, 4) is 5.75 Å². The Morgan fingerprint density at radius 3 is 2.53 bits per heavy atom. The molecule has 0 aliphatic rings. The van der Waals surface area contributed by atoms with Gasteiger partial charge in [-0.15, -0.1) is 0 Å². The minimum atomic E-state index is -0.221. The van der Waals surface area contributed by atoms with Crippen molar-refractivity contribution >= 4 is 5.69 Å². The minimum Gasteiger partial charge on any atom is -0.496 e. The van der Waals surface area contributed by atoms with Crippen molar-refractivity contribution in [3.05, 3.63) is 23.3 Å². The molecule has 1 rings (SSSR count). The van der Waals surface area contributed by atoms with Crippen LogP contribution in [0.1, 0.15) is 11.1 Å². The molecule has 0 fully saturated rings. The van der Waals surface area contributed by atoms with E-state index in [9.17, 15) is 0 Å². The van der Waals surface area contributed by atoms with Gasteiger partial charge in [0, 0.05) is 25.3 Å². The number of nitrogens with zero attached hydrogens (tertiary/aromatic N) is 1. The number of ether oxygens (including phenoxy) is 1. The highest BCUT2D eigenvalue weighted by molar-refractivity contribution is 5.58. The molecule has 0 amide bonds. The third-order valence-electron chi connectivity index (χ3n) is 2.87. The van der Waals surface area contributed by atoms with Gasteiger partial charge in [0.15, 0.2) is 0 Å². The first-order valence-corrected chi connectivity index (χ1v) is 5.72. The Morgan fingerprint density at radius 2 is 2.00 bits per heavy atom. The number of likely N-dealkylation sites (N-methyl/N-ethyl adjacent to an activating group) is 1. The molecule has 1 aromatic carbocycles. The first-order valence-electron chi connectivity index (χ1n) is 5.72. The van der Waals surface area contributed by atoms with E-state index in [1.165, 1.54) is 0 Å². The van der Waals surface area contributed by atoms with Gasteiger partial charge in [0.2, 0.25) is 0 Å². The number of aliphatic hydroxyl groups excluding tert-OH is 1. The molecular weight excluding hydrogens is 216 g/mol. The largest absolute Gasteiger partial charge is 0.496 e. The zero-order valence-electron chi connectivity index (χ0n) is 11.0. The van der Waals surface area contributed by atoms with Crippen LogP contribution in [-0.2, 0) is 0 Å². The second-order valence-electron chi connectivity index (χ2n) is 4.43. The van der Waals surface area contributed by atoms with Gasteiger partial charge in [0.1, 0.15) is 5.75 Å². The van der Waals surface area contributed by atoms with Gasteiger partial charge < -0.3 is 20.5 Å². The highest BCUT2D eigenvalue weighted by Gasteiger charge is 2.11. The lowest BCUT2D eigenvalue weighted by atomic mass is 10.1. The molecule has 0 saturated heterocycles. The minimum absolute atomic E-state index is 0.00146. The molecule has 1 unspecified atom stereocenters. The van der Waals surface area contributed by atoms with Gasteiger partial charge in [-0.05, 0) is 37.1 Å². The lowest BCUT2D eigenvalue weighted by Crippen LogP contribution is -2.38. The van der Waals surface area contributed by atoms with Crippen molar-refractivity contribution in [1.29, 1.82) is 0 Å². The molecule has 0 bridgehead atoms. The Morgan fingerprint density at radius 1 is 1.35 bits per heavy atom. The molecule has 1 aromatic rings. The van der Waals surface area contributed by atoms with Crippen LogP contribution in [0.2, 0.25) is 0 Å². The topological polar surface area (TPSA) is 58.7 Å². The molecule has 1 atom stereocenters. The van der Waals surface area contributed by atoms with Crippen LogP contribution >= 0.6 is 0 Å². The van der Waals surface area contributed by atoms with Crippen LogP contribution in [0.15, 0.2) is 12.1 Å². The number of aliphatic hydroxyl groups is 1. The summed E-state index contributed by atoms with van der Waals surface area (Å²) >= 11 is 0. The predicted molar refractivity (Wildman–Crippen MR) is 70.8 cm³/mol. The summed E-state index contributed by atoms with van der Waals surface area (Å²) in [5.74, 6) is 0.895. The van der Waals surface area contributed by atoms with E-state index < -0.39 is 0 Å². The van der Waals surface area contributed by atoms with Crippen molar-refractivity contribution in [2.45, 2.75) is 19.9 Å². The SMILES string of the molecule is COc1cc(C)c(N(C)CC(N)CO)cc1C. The number of anilines is 1. The van der Waals surface area contributed by atoms with Crippen molar-refractivity contribution in [2.75, 3.05) is 32.2 Å². The average Bonchev–Trinajstić information content (AvgIpc) is 2.31. The number of nitrogens with two attached hydrogens (primary N) is 1. The maximum absolute atomic E-state index is 8.96. The van der Waals surface area contributed by atoms with E-state index in [1.807, 2.05) is 27.0 Å². The number of benzene rings is 1. The summed E-state index contributed by atoms with van der Waals surface area (Å²) in [7, 11) is 3.65. The van der Waals surface area contributed by atoms with Crippen molar-refractivity contribution in [2.24, 2.45) is 5.73 Å². The van der Waals surface area contributed by atoms with E-state index in [4.69, 9.17) is 15.6 Å². The van der Waals surface area contributed by atoms with Gasteiger partial charge in [-0.25, -0.2) is 0 Å². The van der Waals surface area contributed by atoms with E-state index in [2.05, 4.69) is 11.0 Å². The average molecular weight is 238 g/mol. The van der Waals surface area contributed by atoms with Crippen LogP contribution < -0.4 is 15.4 Å². The molecule has 0 aromatic heterocycles. The Bertz CT molecular complexity index is 380. The standard InChI is InChI=1S/C13H22N2O2/c1-9-6-13(17-4)10(2)5-12(9)15(3)7-11(14)8-16/h5-6,11,16H,7-8,14H2,1-4H3. The maximum atomic E-state index is 8.96. The van der Waals surface area contributed by atoms with E-state index in [-0.39, 0.29) is 12.6 Å². The maximum Gasteiger partial charge on any atom is 0.122 e. The molecule has 0 heterocycles. The van der Waals surface area contributed by atoms with Crippen LogP contribution in [0.3, 0.4) is 0 Å². The van der Waals surface area contributed by atoms with E-state index in [0.29, 0.717) is 6.54 Å². The molecule has 96 valence electrons. The summed E-state index contributed by atoms with van der Waals surface area (Å²) in [6.45, 7) is 4.68. The number of methoxy groups -OCH3 is 1. The molecule has 0 aliphatic heterocycles. The molecule has 4 nitrogen and oxygen atoms in total. The Balaban J connectivity index is 2.94. The van der Waals surface area contributed by atoms with Crippen molar-refractivity contribution in [1.82, 2.24) is 0 Å². The number of aryl methyl sites for hydroxylation is 2. The molecule has 0 aliphatic carbocycles. The van der Waals surface area contributed by atoms with Gasteiger partial charge in [-0.1, -0.05) is 0 Å². The van der Waals surface area contributed by atoms with Crippen LogP contribution in [-0.4, -0.2) is 38.5 Å². The quantitative estimate of drug-likeness (QED) is 0.805. The second-order valence-corrected chi connectivity index (χ2v) is 4.43. The summed E-state index contributed by atoms with van der Waals surface area (Å²) in [6, 6.07) is 3.88.